The van der Waals surface area contributed by atoms with E-state index in [1.165, 1.54) is 0 Å². The van der Waals surface area contributed by atoms with Crippen LogP contribution < -0.4 is 0 Å². The van der Waals surface area contributed by atoms with Crippen LogP contribution in [0.15, 0.2) is 0 Å². The first-order valence-electron chi connectivity index (χ1n) is 3.10. The van der Waals surface area contributed by atoms with Crippen molar-refractivity contribution >= 4 is 9.76 Å². The fourth-order valence-corrected chi connectivity index (χ4v) is 1.06. The monoisotopic (exact) mass is 172 g/mol. The Morgan fingerprint density at radius 1 is 1.60 bits per heavy atom. The minimum absolute atomic E-state index is 0.245. The molecule has 0 fully saturated rings. The molecule has 0 N–H and O–H groups in total. The molecule has 0 bridgehead atoms. The van der Waals surface area contributed by atoms with Gasteiger partial charge >= 0.3 is 0 Å². The molecule has 5 heteroatoms. The van der Waals surface area contributed by atoms with Gasteiger partial charge in [-0.3, -0.25) is 0 Å². The Kier molecular flexibility index (Phi) is 3.96. The first kappa shape index (κ1) is 9.97. The van der Waals surface area contributed by atoms with E-state index in [0.717, 1.165) is 6.92 Å². The Bertz CT molecular complexity index is 96.9. The van der Waals surface area contributed by atoms with Crippen molar-refractivity contribution in [3.8, 4) is 0 Å². The van der Waals surface area contributed by atoms with Gasteiger partial charge in [0.05, 0.1) is 0 Å². The van der Waals surface area contributed by atoms with E-state index in [-0.39, 0.29) is 6.61 Å². The van der Waals surface area contributed by atoms with E-state index in [4.69, 9.17) is 0 Å². The summed E-state index contributed by atoms with van der Waals surface area (Å²) in [7, 11) is -2.02. The Hall–Kier alpha value is -0.0331. The normalized spacial score (nSPS) is 16.5. The number of rotatable bonds is 4. The Morgan fingerprint density at radius 2 is 2.10 bits per heavy atom. The zero-order valence-corrected chi connectivity index (χ0v) is 7.45. The highest BCUT2D eigenvalue weighted by Gasteiger charge is 2.37. The molecule has 0 aliphatic rings. The van der Waals surface area contributed by atoms with E-state index in [9.17, 15) is 13.2 Å². The molecule has 0 radical (unpaired) electrons. The topological polar surface area (TPSA) is 9.23 Å². The van der Waals surface area contributed by atoms with Crippen molar-refractivity contribution in [3.05, 3.63) is 0 Å². The summed E-state index contributed by atoms with van der Waals surface area (Å²) in [6, 6.07) is 0. The molecular weight excluding hydrogens is 161 g/mol. The maximum Gasteiger partial charge on any atom is 0.280 e. The lowest BCUT2D eigenvalue weighted by Crippen LogP contribution is -2.36. The molecule has 0 saturated heterocycles. The van der Waals surface area contributed by atoms with Crippen molar-refractivity contribution in [1.29, 1.82) is 0 Å². The highest BCUT2D eigenvalue weighted by molar-refractivity contribution is 6.31. The summed E-state index contributed by atoms with van der Waals surface area (Å²) < 4.78 is 41.1. The summed E-state index contributed by atoms with van der Waals surface area (Å²) >= 11 is 0. The molecule has 0 aliphatic heterocycles. The Balaban J connectivity index is 3.63. The highest BCUT2D eigenvalue weighted by Crippen LogP contribution is 2.19. The predicted octanol–water partition coefficient (Wildman–Crippen LogP) is 1.06. The van der Waals surface area contributed by atoms with Crippen molar-refractivity contribution in [3.63, 3.8) is 0 Å². The summed E-state index contributed by atoms with van der Waals surface area (Å²) in [5.41, 5.74) is -3.20. The molecule has 0 aromatic carbocycles. The second-order valence-corrected chi connectivity index (χ2v) is 3.65. The van der Waals surface area contributed by atoms with Gasteiger partial charge in [0, 0.05) is 6.61 Å². The first-order chi connectivity index (χ1) is 4.50. The van der Waals surface area contributed by atoms with Crippen LogP contribution in [-0.2, 0) is 4.43 Å². The molecule has 0 amide bonds. The lowest BCUT2D eigenvalue weighted by molar-refractivity contribution is -0.00164. The fourth-order valence-electron chi connectivity index (χ4n) is 0.353. The van der Waals surface area contributed by atoms with Crippen LogP contribution in [0.5, 0.6) is 0 Å². The van der Waals surface area contributed by atoms with Crippen LogP contribution in [0.2, 0.25) is 0 Å². The molecule has 0 aromatic rings. The largest absolute Gasteiger partial charge is 0.417 e. The van der Waals surface area contributed by atoms with E-state index in [1.54, 1.807) is 6.92 Å². The van der Waals surface area contributed by atoms with Gasteiger partial charge < -0.3 is 4.43 Å². The molecule has 0 spiro atoms. The third kappa shape index (κ3) is 3.22. The maximum atomic E-state index is 12.3. The fraction of sp³-hybridized carbons (Fsp3) is 1.00. The van der Waals surface area contributed by atoms with Gasteiger partial charge in [0.2, 0.25) is 9.76 Å². The van der Waals surface area contributed by atoms with Gasteiger partial charge in [-0.15, -0.1) is 0 Å². The zero-order chi connectivity index (χ0) is 8.20. The summed E-state index contributed by atoms with van der Waals surface area (Å²) in [6.45, 7) is 2.71. The second kappa shape index (κ2) is 3.97. The summed E-state index contributed by atoms with van der Waals surface area (Å²) in [5, 5.41) is 0. The van der Waals surface area contributed by atoms with Crippen LogP contribution in [0.25, 0.3) is 0 Å². The first-order valence-corrected chi connectivity index (χ1v) is 4.38. The van der Waals surface area contributed by atoms with E-state index >= 15 is 0 Å². The molecule has 1 nitrogen and oxygen atoms in total. The summed E-state index contributed by atoms with van der Waals surface area (Å²) in [4.78, 5) is 0. The van der Waals surface area contributed by atoms with Crippen LogP contribution in [-0.4, -0.2) is 28.1 Å². The van der Waals surface area contributed by atoms with Crippen molar-refractivity contribution in [2.45, 2.75) is 25.6 Å². The Morgan fingerprint density at radius 3 is 2.40 bits per heavy atom. The third-order valence-corrected chi connectivity index (χ3v) is 2.64. The number of hydrogen-bond acceptors (Lipinski definition) is 1. The summed E-state index contributed by atoms with van der Waals surface area (Å²) in [6.07, 6.45) is -2.08. The van der Waals surface area contributed by atoms with Crippen LogP contribution >= 0.6 is 0 Å². The predicted molar refractivity (Wildman–Crippen MR) is 35.7 cm³/mol. The van der Waals surface area contributed by atoms with Gasteiger partial charge in [0.15, 0.2) is 6.17 Å². The van der Waals surface area contributed by atoms with Gasteiger partial charge in [0.1, 0.15) is 0 Å². The summed E-state index contributed by atoms with van der Waals surface area (Å²) in [5.74, 6) is 0. The minimum atomic E-state index is -3.20. The van der Waals surface area contributed by atoms with E-state index in [2.05, 4.69) is 4.43 Å². The van der Waals surface area contributed by atoms with Crippen LogP contribution in [0.3, 0.4) is 0 Å². The highest BCUT2D eigenvalue weighted by atomic mass is 28.2. The molecule has 0 rings (SSSR count). The molecule has 0 aromatic heterocycles. The van der Waals surface area contributed by atoms with Crippen molar-refractivity contribution in [1.82, 2.24) is 0 Å². The average Bonchev–Trinajstić information content (AvgIpc) is 1.84. The van der Waals surface area contributed by atoms with Crippen molar-refractivity contribution in [2.24, 2.45) is 0 Å². The lowest BCUT2D eigenvalue weighted by atomic mass is 10.5. The number of hydrogen-bond donors (Lipinski definition) is 0. The quantitative estimate of drug-likeness (QED) is 0.576. The van der Waals surface area contributed by atoms with Crippen molar-refractivity contribution in [2.75, 3.05) is 6.61 Å². The molecule has 1 unspecified atom stereocenters. The van der Waals surface area contributed by atoms with E-state index < -0.39 is 21.5 Å². The number of halogens is 3. The van der Waals surface area contributed by atoms with E-state index in [0.29, 0.717) is 0 Å². The van der Waals surface area contributed by atoms with Crippen LogP contribution in [0.1, 0.15) is 13.8 Å². The van der Waals surface area contributed by atoms with Crippen LogP contribution in [0.4, 0.5) is 13.2 Å². The molecule has 0 heterocycles. The van der Waals surface area contributed by atoms with Gasteiger partial charge in [-0.25, -0.2) is 13.2 Å². The molecule has 62 valence electrons. The van der Waals surface area contributed by atoms with E-state index in [1.807, 2.05) is 0 Å². The maximum absolute atomic E-state index is 12.3. The minimum Gasteiger partial charge on any atom is -0.417 e. The van der Waals surface area contributed by atoms with Gasteiger partial charge in [-0.2, -0.15) is 0 Å². The van der Waals surface area contributed by atoms with Gasteiger partial charge in [-0.05, 0) is 13.8 Å². The van der Waals surface area contributed by atoms with Gasteiger partial charge in [0.25, 0.3) is 5.55 Å². The molecule has 0 saturated carbocycles. The smallest absolute Gasteiger partial charge is 0.280 e. The van der Waals surface area contributed by atoms with Crippen LogP contribution in [0, 0.1) is 0 Å². The Labute approximate surface area is 60.5 Å². The molecule has 1 atom stereocenters. The average molecular weight is 172 g/mol. The molecular formula is C5H11F3OSi. The standard InChI is InChI=1S/C5H11F3OSi/c1-3-9-10-5(7,8)4(2)6/h4H,3,10H2,1-2H3. The third-order valence-electron chi connectivity index (χ3n) is 1.08. The van der Waals surface area contributed by atoms with Crippen molar-refractivity contribution < 1.29 is 17.6 Å². The molecule has 10 heavy (non-hydrogen) atoms. The number of alkyl halides is 3. The van der Waals surface area contributed by atoms with Gasteiger partial charge in [-0.1, -0.05) is 0 Å². The SMILES string of the molecule is CCO[SiH2]C(F)(F)C(C)F. The lowest BCUT2D eigenvalue weighted by Gasteiger charge is -2.15. The zero-order valence-electron chi connectivity index (χ0n) is 6.03. The molecule has 0 aliphatic carbocycles. The second-order valence-electron chi connectivity index (χ2n) is 2.01.